The van der Waals surface area contributed by atoms with Gasteiger partial charge in [0, 0.05) is 0 Å². The molecular weight excluding hydrogens is 546 g/mol. The summed E-state index contributed by atoms with van der Waals surface area (Å²) in [4.78, 5) is 0. The first-order valence-electron chi connectivity index (χ1n) is 11.8. The molecule has 0 saturated heterocycles. The van der Waals surface area contributed by atoms with Gasteiger partial charge in [0.1, 0.15) is 0 Å². The summed E-state index contributed by atoms with van der Waals surface area (Å²) in [6.07, 6.45) is 1.04. The maximum absolute atomic E-state index is 3.49. The van der Waals surface area contributed by atoms with Gasteiger partial charge in [-0.3, -0.25) is 0 Å². The quantitative estimate of drug-likeness (QED) is 0.288. The molecule has 0 aromatic heterocycles. The SMILES string of the molecule is CC(C)c1c[c-]c2c(c1)-c1cc(C(C)C)ccc1C2.C[C](=[Zr+2])c1ccccc1.[Cl-].[Cl-].c1cc[cH-]c1. The second-order valence-corrected chi connectivity index (χ2v) is 11.0. The van der Waals surface area contributed by atoms with Crippen LogP contribution in [-0.4, -0.2) is 3.21 Å². The summed E-state index contributed by atoms with van der Waals surface area (Å²) in [5.41, 5.74) is 9.85. The molecule has 0 aliphatic heterocycles. The van der Waals surface area contributed by atoms with Crippen molar-refractivity contribution in [2.24, 2.45) is 0 Å². The monoisotopic (exact) mass is 578 g/mol. The van der Waals surface area contributed by atoms with Crippen molar-refractivity contribution in [3.8, 4) is 11.1 Å². The van der Waals surface area contributed by atoms with Crippen molar-refractivity contribution in [2.45, 2.75) is 52.9 Å². The second-order valence-electron chi connectivity index (χ2n) is 9.18. The molecule has 0 fully saturated rings. The van der Waals surface area contributed by atoms with E-state index in [0.717, 1.165) is 6.42 Å². The Morgan fingerprint density at radius 3 is 1.89 bits per heavy atom. The summed E-state index contributed by atoms with van der Waals surface area (Å²) in [6, 6.07) is 35.5. The van der Waals surface area contributed by atoms with E-state index >= 15 is 0 Å². The van der Waals surface area contributed by atoms with E-state index < -0.39 is 0 Å². The van der Waals surface area contributed by atoms with Crippen LogP contribution in [0.3, 0.4) is 0 Å². The minimum Gasteiger partial charge on any atom is -1.00 e. The number of hydrogen-bond donors (Lipinski definition) is 0. The van der Waals surface area contributed by atoms with Gasteiger partial charge in [0.2, 0.25) is 0 Å². The van der Waals surface area contributed by atoms with Crippen molar-refractivity contribution >= 4 is 3.21 Å². The van der Waals surface area contributed by atoms with E-state index in [9.17, 15) is 0 Å². The van der Waals surface area contributed by atoms with Crippen LogP contribution in [0.5, 0.6) is 0 Å². The Morgan fingerprint density at radius 2 is 1.40 bits per heavy atom. The van der Waals surface area contributed by atoms with Crippen LogP contribution in [0, 0.1) is 6.07 Å². The summed E-state index contributed by atoms with van der Waals surface area (Å²) in [5.74, 6) is 1.16. The molecule has 4 aromatic rings. The normalized spacial score (nSPS) is 10.5. The van der Waals surface area contributed by atoms with Crippen molar-refractivity contribution in [1.29, 1.82) is 0 Å². The van der Waals surface area contributed by atoms with Crippen LogP contribution in [-0.2, 0) is 30.7 Å². The van der Waals surface area contributed by atoms with Crippen LogP contribution >= 0.6 is 0 Å². The van der Waals surface area contributed by atoms with Gasteiger partial charge >= 0.3 is 70.3 Å². The van der Waals surface area contributed by atoms with Gasteiger partial charge in [-0.1, -0.05) is 62.9 Å². The molecule has 0 N–H and O–H groups in total. The zero-order valence-corrected chi connectivity index (χ0v) is 25.2. The fraction of sp³-hybridized carbons (Fsp3) is 0.250. The summed E-state index contributed by atoms with van der Waals surface area (Å²) in [7, 11) is 0. The Bertz CT molecular complexity index is 1090. The van der Waals surface area contributed by atoms with Crippen LogP contribution in [0.15, 0.2) is 91.0 Å². The summed E-state index contributed by atoms with van der Waals surface area (Å²) < 4.78 is 1.46. The molecule has 0 radical (unpaired) electrons. The standard InChI is InChI=1S/C19H21.C8H8.C5H5.2ClH.Zr/c1-12(2)14-5-7-16-9-17-8-6-15(13(3)4)11-19(17)18(16)10-14;1-2-8-6-4-3-5-7-8;1-2-4-5-3-1;;;/h5-7,10-13H,9H2,1-4H3;3-7H,1H3;1-5H;2*1H;/q-1;;-1;;;+2/p-2. The average molecular weight is 581 g/mol. The third-order valence-electron chi connectivity index (χ3n) is 5.94. The topological polar surface area (TPSA) is 0 Å². The number of fused-ring (bicyclic) bond motifs is 3. The molecule has 5 rings (SSSR count). The number of hydrogen-bond acceptors (Lipinski definition) is 0. The van der Waals surface area contributed by atoms with Crippen LogP contribution in [0.4, 0.5) is 0 Å². The minimum atomic E-state index is 0. The zero-order valence-electron chi connectivity index (χ0n) is 21.3. The van der Waals surface area contributed by atoms with Crippen molar-refractivity contribution < 1.29 is 49.0 Å². The van der Waals surface area contributed by atoms with Gasteiger partial charge in [0.25, 0.3) is 0 Å². The maximum atomic E-state index is 3.49. The molecule has 1 aliphatic carbocycles. The van der Waals surface area contributed by atoms with Gasteiger partial charge in [-0.25, -0.2) is 12.1 Å². The Kier molecular flexibility index (Phi) is 13.9. The zero-order chi connectivity index (χ0) is 23.8. The Morgan fingerprint density at radius 1 is 0.800 bits per heavy atom. The van der Waals surface area contributed by atoms with Gasteiger partial charge in [0.05, 0.1) is 0 Å². The number of halogens is 2. The third kappa shape index (κ3) is 9.06. The summed E-state index contributed by atoms with van der Waals surface area (Å²) in [6.45, 7) is 11.2. The Balaban J connectivity index is 0.000000319. The molecule has 0 bridgehead atoms. The summed E-state index contributed by atoms with van der Waals surface area (Å²) >= 11 is 1.51. The van der Waals surface area contributed by atoms with Crippen LogP contribution in [0.2, 0.25) is 0 Å². The van der Waals surface area contributed by atoms with E-state index in [1.807, 2.05) is 36.4 Å². The molecule has 1 aliphatic rings. The van der Waals surface area contributed by atoms with Gasteiger partial charge in [-0.15, -0.1) is 5.56 Å². The van der Waals surface area contributed by atoms with Crippen molar-refractivity contribution in [3.63, 3.8) is 0 Å². The van der Waals surface area contributed by atoms with E-state index in [1.165, 1.54) is 66.4 Å². The first-order valence-corrected chi connectivity index (χ1v) is 13.0. The average Bonchev–Trinajstić information content (AvgIpc) is 3.51. The van der Waals surface area contributed by atoms with E-state index in [0.29, 0.717) is 11.8 Å². The van der Waals surface area contributed by atoms with E-state index in [2.05, 4.69) is 95.3 Å². The predicted molar refractivity (Wildman–Crippen MR) is 140 cm³/mol. The van der Waals surface area contributed by atoms with Crippen molar-refractivity contribution in [2.75, 3.05) is 0 Å². The minimum absolute atomic E-state index is 0. The number of rotatable bonds is 3. The molecule has 0 saturated carbocycles. The fourth-order valence-corrected chi connectivity index (χ4v) is 4.23. The van der Waals surface area contributed by atoms with E-state index in [4.69, 9.17) is 0 Å². The van der Waals surface area contributed by atoms with E-state index in [1.54, 1.807) is 0 Å². The van der Waals surface area contributed by atoms with E-state index in [-0.39, 0.29) is 24.8 Å². The fourth-order valence-electron chi connectivity index (χ4n) is 3.82. The molecule has 0 nitrogen and oxygen atoms in total. The first kappa shape index (κ1) is 31.4. The summed E-state index contributed by atoms with van der Waals surface area (Å²) in [5, 5.41) is 0. The van der Waals surface area contributed by atoms with Gasteiger partial charge in [0.15, 0.2) is 0 Å². The van der Waals surface area contributed by atoms with Crippen LogP contribution < -0.4 is 24.8 Å². The molecule has 0 heterocycles. The van der Waals surface area contributed by atoms with Gasteiger partial charge in [-0.05, 0) is 17.9 Å². The van der Waals surface area contributed by atoms with Crippen LogP contribution in [0.1, 0.15) is 74.3 Å². The maximum Gasteiger partial charge on any atom is -0.172 e. The molecule has 4 aromatic carbocycles. The Hall–Kier alpha value is -1.66. The molecule has 0 amide bonds. The molecule has 0 atom stereocenters. The molecule has 0 spiro atoms. The van der Waals surface area contributed by atoms with Gasteiger partial charge < -0.3 is 24.8 Å². The second kappa shape index (κ2) is 15.5. The van der Waals surface area contributed by atoms with Crippen LogP contribution in [0.25, 0.3) is 11.1 Å². The first-order chi connectivity index (χ1) is 15.9. The smallest absolute Gasteiger partial charge is 0.172 e. The van der Waals surface area contributed by atoms with Crippen molar-refractivity contribution in [3.05, 3.63) is 125 Å². The number of benzene rings is 3. The molecule has 3 heteroatoms. The molecule has 35 heavy (non-hydrogen) atoms. The molecular formula is C32H34Cl2Zr-2. The third-order valence-corrected chi connectivity index (χ3v) is 6.65. The Labute approximate surface area is 239 Å². The van der Waals surface area contributed by atoms with Crippen molar-refractivity contribution in [1.82, 2.24) is 0 Å². The van der Waals surface area contributed by atoms with Gasteiger partial charge in [-0.2, -0.15) is 47.5 Å². The molecule has 0 unspecified atom stereocenters. The predicted octanol–water partition coefficient (Wildman–Crippen LogP) is 2.49. The molecule has 182 valence electrons. The largest absolute Gasteiger partial charge is 1.00 e.